The van der Waals surface area contributed by atoms with Gasteiger partial charge < -0.3 is 0 Å². The Hall–Kier alpha value is -3.15. The van der Waals surface area contributed by atoms with Crippen molar-refractivity contribution in [2.24, 2.45) is 14.1 Å². The first-order valence-corrected chi connectivity index (χ1v) is 8.82. The van der Waals surface area contributed by atoms with Crippen molar-refractivity contribution in [2.75, 3.05) is 0 Å². The normalized spacial score (nSPS) is 13.5. The Morgan fingerprint density at radius 2 is 1.92 bits per heavy atom. The molecule has 6 heteroatoms. The fraction of sp³-hybridized carbons (Fsp3) is 0.150. The summed E-state index contributed by atoms with van der Waals surface area (Å²) in [4.78, 5) is 13.9. The highest BCUT2D eigenvalue weighted by atomic mass is 15.0. The first-order chi connectivity index (χ1) is 12.7. The van der Waals surface area contributed by atoms with Crippen LogP contribution in [0.25, 0.3) is 22.0 Å². The molecule has 0 atom stereocenters. The first kappa shape index (κ1) is 14.1. The molecule has 2 aliphatic rings. The molecule has 6 rings (SSSR count). The summed E-state index contributed by atoms with van der Waals surface area (Å²) in [6, 6.07) is 6.38. The average molecular weight is 337 g/mol. The summed E-state index contributed by atoms with van der Waals surface area (Å²) >= 11 is 0. The number of benzene rings is 1. The number of nitrogens with zero attached hydrogens (tertiary/aromatic N) is 5. The minimum Gasteiger partial charge on any atom is -0.264 e. The van der Waals surface area contributed by atoms with Crippen molar-refractivity contribution >= 4 is 34.3 Å². The van der Waals surface area contributed by atoms with Crippen LogP contribution in [0.2, 0.25) is 0 Å². The summed E-state index contributed by atoms with van der Waals surface area (Å²) in [5.41, 5.74) is 9.84. The first-order valence-electron chi connectivity index (χ1n) is 8.82. The van der Waals surface area contributed by atoms with Crippen LogP contribution in [0, 0.1) is 0 Å². The van der Waals surface area contributed by atoms with Gasteiger partial charge >= 0.3 is 6.71 Å². The molecule has 122 valence electrons. The maximum absolute atomic E-state index is 4.71. The van der Waals surface area contributed by atoms with E-state index in [0.29, 0.717) is 0 Å². The average Bonchev–Trinajstić information content (AvgIpc) is 2.66. The molecule has 0 unspecified atom stereocenters. The second-order valence-corrected chi connectivity index (χ2v) is 7.18. The molecule has 1 aromatic carbocycles. The van der Waals surface area contributed by atoms with Gasteiger partial charge in [-0.1, -0.05) is 12.1 Å². The highest BCUT2D eigenvalue weighted by Gasteiger charge is 2.47. The molecule has 0 N–H and O–H groups in total. The minimum absolute atomic E-state index is 0.149. The van der Waals surface area contributed by atoms with Crippen molar-refractivity contribution in [3.05, 3.63) is 60.6 Å². The van der Waals surface area contributed by atoms with Crippen LogP contribution in [0.1, 0.15) is 11.3 Å². The van der Waals surface area contributed by atoms with Gasteiger partial charge in [0.2, 0.25) is 0 Å². The van der Waals surface area contributed by atoms with Gasteiger partial charge in [-0.2, -0.15) is 0 Å². The number of aromatic nitrogens is 5. The van der Waals surface area contributed by atoms with Crippen LogP contribution >= 0.6 is 0 Å². The standard InChI is InChI=1S/C20H16BN5/c1-25-7-6-23-16-8-12-9-22-10-14-13-4-3-5-15-17(13)20(26(2)11-24-15)21(18(12)14)19(16)25/h3-7,9-11H,8H2,1-2H3/q+2. The molecular weight excluding hydrogens is 321 g/mol. The quantitative estimate of drug-likeness (QED) is 0.266. The zero-order valence-corrected chi connectivity index (χ0v) is 14.6. The predicted molar refractivity (Wildman–Crippen MR) is 99.0 cm³/mol. The lowest BCUT2D eigenvalue weighted by molar-refractivity contribution is -0.660. The predicted octanol–water partition coefficient (Wildman–Crippen LogP) is -0.925. The van der Waals surface area contributed by atoms with Gasteiger partial charge in [-0.15, -0.1) is 0 Å². The zero-order valence-electron chi connectivity index (χ0n) is 14.6. The molecule has 2 aliphatic heterocycles. The van der Waals surface area contributed by atoms with Crippen molar-refractivity contribution in [1.29, 1.82) is 0 Å². The van der Waals surface area contributed by atoms with E-state index in [1.807, 2.05) is 31.1 Å². The van der Waals surface area contributed by atoms with Gasteiger partial charge in [-0.05, 0) is 33.2 Å². The molecule has 0 bridgehead atoms. The summed E-state index contributed by atoms with van der Waals surface area (Å²) in [6.07, 6.45) is 10.7. The molecule has 0 saturated carbocycles. The SMILES string of the molecule is C[n+]1ccnc2c1B1c3c(cncc3-c3cccc4nc[n+](C)c1c34)C2. The van der Waals surface area contributed by atoms with E-state index in [9.17, 15) is 0 Å². The Labute approximate surface area is 151 Å². The molecule has 0 aliphatic carbocycles. The Balaban J connectivity index is 1.87. The Bertz CT molecular complexity index is 1250. The number of rotatable bonds is 0. The maximum atomic E-state index is 4.71. The molecule has 0 spiro atoms. The van der Waals surface area contributed by atoms with Crippen LogP contribution < -0.4 is 25.8 Å². The van der Waals surface area contributed by atoms with E-state index in [0.717, 1.165) is 17.6 Å². The molecule has 0 saturated heterocycles. The molecule has 4 aromatic rings. The summed E-state index contributed by atoms with van der Waals surface area (Å²) in [7, 11) is 4.21. The topological polar surface area (TPSA) is 46.4 Å². The third-order valence-corrected chi connectivity index (χ3v) is 5.80. The van der Waals surface area contributed by atoms with Gasteiger partial charge in [-0.25, -0.2) is 14.1 Å². The van der Waals surface area contributed by atoms with Crippen LogP contribution in [0.15, 0.2) is 49.3 Å². The van der Waals surface area contributed by atoms with Crippen LogP contribution in [0.4, 0.5) is 0 Å². The molecule has 5 nitrogen and oxygen atoms in total. The Kier molecular flexibility index (Phi) is 2.56. The lowest BCUT2D eigenvalue weighted by Gasteiger charge is -2.28. The van der Waals surface area contributed by atoms with Crippen molar-refractivity contribution in [2.45, 2.75) is 6.42 Å². The number of pyridine rings is 1. The third kappa shape index (κ3) is 1.59. The molecule has 0 fully saturated rings. The number of hydrogen-bond acceptors (Lipinski definition) is 3. The van der Waals surface area contributed by atoms with Gasteiger partial charge in [0.05, 0.1) is 24.2 Å². The second kappa shape index (κ2) is 4.72. The monoisotopic (exact) mass is 337 g/mol. The van der Waals surface area contributed by atoms with Crippen LogP contribution in [-0.4, -0.2) is 21.7 Å². The van der Waals surface area contributed by atoms with Crippen molar-refractivity contribution in [3.8, 4) is 11.1 Å². The molecule has 0 amide bonds. The molecule has 26 heavy (non-hydrogen) atoms. The second-order valence-electron chi connectivity index (χ2n) is 7.18. The fourth-order valence-corrected chi connectivity index (χ4v) is 4.75. The third-order valence-electron chi connectivity index (χ3n) is 5.80. The lowest BCUT2D eigenvalue weighted by atomic mass is 9.34. The maximum Gasteiger partial charge on any atom is 0.378 e. The van der Waals surface area contributed by atoms with E-state index in [2.05, 4.69) is 51.4 Å². The van der Waals surface area contributed by atoms with Crippen LogP contribution in [0.5, 0.6) is 0 Å². The summed E-state index contributed by atoms with van der Waals surface area (Å²) in [6.45, 7) is 0.149. The van der Waals surface area contributed by atoms with Crippen molar-refractivity contribution < 1.29 is 9.13 Å². The summed E-state index contributed by atoms with van der Waals surface area (Å²) in [5.74, 6) is 0. The molecule has 5 heterocycles. The lowest BCUT2D eigenvalue weighted by Crippen LogP contribution is -2.74. The van der Waals surface area contributed by atoms with E-state index in [4.69, 9.17) is 4.98 Å². The van der Waals surface area contributed by atoms with Gasteiger partial charge in [-0.3, -0.25) is 4.98 Å². The van der Waals surface area contributed by atoms with Crippen molar-refractivity contribution in [1.82, 2.24) is 15.0 Å². The van der Waals surface area contributed by atoms with Gasteiger partial charge in [0.15, 0.2) is 17.3 Å². The van der Waals surface area contributed by atoms with Gasteiger partial charge in [0, 0.05) is 18.8 Å². The van der Waals surface area contributed by atoms with E-state index < -0.39 is 0 Å². The largest absolute Gasteiger partial charge is 0.378 e. The Morgan fingerprint density at radius 3 is 2.85 bits per heavy atom. The summed E-state index contributed by atoms with van der Waals surface area (Å²) < 4.78 is 4.39. The van der Waals surface area contributed by atoms with Crippen molar-refractivity contribution in [3.63, 3.8) is 0 Å². The number of fused-ring (bicyclic) bond motifs is 4. The van der Waals surface area contributed by atoms with Gasteiger partial charge in [0.25, 0.3) is 6.33 Å². The van der Waals surface area contributed by atoms with Gasteiger partial charge in [0.1, 0.15) is 12.7 Å². The summed E-state index contributed by atoms with van der Waals surface area (Å²) in [5, 5.41) is 1.23. The molecule has 0 radical (unpaired) electrons. The highest BCUT2D eigenvalue weighted by molar-refractivity contribution is 6.97. The van der Waals surface area contributed by atoms with Crippen LogP contribution in [0.3, 0.4) is 0 Å². The van der Waals surface area contributed by atoms with E-state index in [1.54, 1.807) is 0 Å². The zero-order chi connectivity index (χ0) is 17.4. The minimum atomic E-state index is 0.149. The number of hydrogen-bond donors (Lipinski definition) is 0. The molecular formula is C20H16BN5+2. The fourth-order valence-electron chi connectivity index (χ4n) is 4.75. The Morgan fingerprint density at radius 1 is 1.00 bits per heavy atom. The highest BCUT2D eigenvalue weighted by Crippen LogP contribution is 2.30. The van der Waals surface area contributed by atoms with E-state index >= 15 is 0 Å². The number of aryl methyl sites for hydroxylation is 2. The molecule has 3 aromatic heterocycles. The van der Waals surface area contributed by atoms with E-state index in [-0.39, 0.29) is 6.71 Å². The smallest absolute Gasteiger partial charge is 0.264 e. The van der Waals surface area contributed by atoms with Crippen LogP contribution in [-0.2, 0) is 20.5 Å². The van der Waals surface area contributed by atoms with E-state index in [1.165, 1.54) is 38.7 Å².